The summed E-state index contributed by atoms with van der Waals surface area (Å²) in [6, 6.07) is 9.52. The summed E-state index contributed by atoms with van der Waals surface area (Å²) in [5.41, 5.74) is 0.842. The molecule has 0 aliphatic rings. The zero-order valence-electron chi connectivity index (χ0n) is 11.3. The normalized spacial score (nSPS) is 9.90. The van der Waals surface area contributed by atoms with Crippen molar-refractivity contribution in [2.45, 2.75) is 11.8 Å². The molecule has 0 amide bonds. The first-order valence-electron chi connectivity index (χ1n) is 6.29. The SMILES string of the molecule is Cc1occc1SCCOc1cccc(C#CCO)c1. The summed E-state index contributed by atoms with van der Waals surface area (Å²) in [5.74, 6) is 8.06. The van der Waals surface area contributed by atoms with Gasteiger partial charge < -0.3 is 14.3 Å². The van der Waals surface area contributed by atoms with Crippen molar-refractivity contribution in [3.8, 4) is 17.6 Å². The van der Waals surface area contributed by atoms with Gasteiger partial charge in [0.1, 0.15) is 18.1 Å². The molecule has 0 atom stereocenters. The summed E-state index contributed by atoms with van der Waals surface area (Å²) in [6.45, 7) is 2.43. The Bertz CT molecular complexity index is 607. The molecule has 1 aromatic heterocycles. The summed E-state index contributed by atoms with van der Waals surface area (Å²) in [5, 5.41) is 8.67. The highest BCUT2D eigenvalue weighted by Crippen LogP contribution is 2.23. The van der Waals surface area contributed by atoms with E-state index in [1.54, 1.807) is 18.0 Å². The van der Waals surface area contributed by atoms with Crippen molar-refractivity contribution >= 4 is 11.8 Å². The summed E-state index contributed by atoms with van der Waals surface area (Å²) in [4.78, 5) is 1.15. The highest BCUT2D eigenvalue weighted by Gasteiger charge is 2.01. The van der Waals surface area contributed by atoms with E-state index in [0.29, 0.717) is 6.61 Å². The zero-order valence-corrected chi connectivity index (χ0v) is 12.1. The van der Waals surface area contributed by atoms with Crippen molar-refractivity contribution in [3.63, 3.8) is 0 Å². The molecule has 0 radical (unpaired) electrons. The molecule has 2 aromatic rings. The van der Waals surface area contributed by atoms with E-state index in [9.17, 15) is 0 Å². The Morgan fingerprint density at radius 2 is 2.25 bits per heavy atom. The van der Waals surface area contributed by atoms with Crippen LogP contribution in [0.4, 0.5) is 0 Å². The maximum absolute atomic E-state index is 8.67. The summed E-state index contributed by atoms with van der Waals surface area (Å²) >= 11 is 1.71. The smallest absolute Gasteiger partial charge is 0.120 e. The third-order valence-electron chi connectivity index (χ3n) is 2.57. The first-order chi connectivity index (χ1) is 9.79. The van der Waals surface area contributed by atoms with Gasteiger partial charge in [-0.15, -0.1) is 11.8 Å². The Labute approximate surface area is 123 Å². The number of rotatable bonds is 5. The van der Waals surface area contributed by atoms with Gasteiger partial charge in [0, 0.05) is 16.2 Å². The van der Waals surface area contributed by atoms with Crippen molar-refractivity contribution in [1.29, 1.82) is 0 Å². The molecule has 0 saturated carbocycles. The average molecular weight is 288 g/mol. The maximum Gasteiger partial charge on any atom is 0.120 e. The van der Waals surface area contributed by atoms with Crippen molar-refractivity contribution in [2.24, 2.45) is 0 Å². The van der Waals surface area contributed by atoms with Crippen LogP contribution in [0.5, 0.6) is 5.75 Å². The fourth-order valence-corrected chi connectivity index (χ4v) is 2.43. The minimum atomic E-state index is -0.133. The first kappa shape index (κ1) is 14.6. The molecule has 0 bridgehead atoms. The number of benzene rings is 1. The van der Waals surface area contributed by atoms with Crippen molar-refractivity contribution in [3.05, 3.63) is 47.9 Å². The Morgan fingerprint density at radius 3 is 3.00 bits per heavy atom. The Kier molecular flexibility index (Phi) is 5.60. The van der Waals surface area contributed by atoms with Crippen LogP contribution < -0.4 is 4.74 Å². The molecule has 0 aliphatic carbocycles. The fraction of sp³-hybridized carbons (Fsp3) is 0.250. The number of aryl methyl sites for hydroxylation is 1. The van der Waals surface area contributed by atoms with E-state index in [1.807, 2.05) is 37.3 Å². The van der Waals surface area contributed by atoms with E-state index in [-0.39, 0.29) is 6.61 Å². The second-order valence-corrected chi connectivity index (χ2v) is 5.16. The molecule has 104 valence electrons. The lowest BCUT2D eigenvalue weighted by Gasteiger charge is -2.06. The monoisotopic (exact) mass is 288 g/mol. The minimum Gasteiger partial charge on any atom is -0.493 e. The number of hydrogen-bond acceptors (Lipinski definition) is 4. The molecule has 4 heteroatoms. The van der Waals surface area contributed by atoms with E-state index < -0.39 is 0 Å². The molecule has 3 nitrogen and oxygen atoms in total. The molecule has 0 fully saturated rings. The van der Waals surface area contributed by atoms with Crippen LogP contribution in [0.1, 0.15) is 11.3 Å². The number of ether oxygens (including phenoxy) is 1. The van der Waals surface area contributed by atoms with Crippen LogP contribution in [0.2, 0.25) is 0 Å². The number of aliphatic hydroxyl groups excluding tert-OH is 1. The van der Waals surface area contributed by atoms with Crippen molar-refractivity contribution in [2.75, 3.05) is 19.0 Å². The number of thioether (sulfide) groups is 1. The zero-order chi connectivity index (χ0) is 14.2. The van der Waals surface area contributed by atoms with Crippen LogP contribution in [0.3, 0.4) is 0 Å². The van der Waals surface area contributed by atoms with Gasteiger partial charge in [0.2, 0.25) is 0 Å². The molecule has 2 rings (SSSR count). The summed E-state index contributed by atoms with van der Waals surface area (Å²) in [7, 11) is 0. The van der Waals surface area contributed by atoms with Crippen LogP contribution in [-0.4, -0.2) is 24.1 Å². The van der Waals surface area contributed by atoms with Gasteiger partial charge in [0.05, 0.1) is 12.9 Å². The second kappa shape index (κ2) is 7.68. The average Bonchev–Trinajstić information content (AvgIpc) is 2.87. The lowest BCUT2D eigenvalue weighted by atomic mass is 10.2. The Balaban J connectivity index is 1.81. The third kappa shape index (κ3) is 4.37. The lowest BCUT2D eigenvalue weighted by molar-refractivity contribution is 0.344. The van der Waals surface area contributed by atoms with Crippen LogP contribution in [0.25, 0.3) is 0 Å². The van der Waals surface area contributed by atoms with Gasteiger partial charge in [-0.1, -0.05) is 17.9 Å². The van der Waals surface area contributed by atoms with Crippen molar-refractivity contribution < 1.29 is 14.3 Å². The van der Waals surface area contributed by atoms with Gasteiger partial charge >= 0.3 is 0 Å². The minimum absolute atomic E-state index is 0.133. The van der Waals surface area contributed by atoms with E-state index >= 15 is 0 Å². The number of aliphatic hydroxyl groups is 1. The van der Waals surface area contributed by atoms with Gasteiger partial charge in [-0.25, -0.2) is 0 Å². The van der Waals surface area contributed by atoms with Crippen LogP contribution in [-0.2, 0) is 0 Å². The highest BCUT2D eigenvalue weighted by molar-refractivity contribution is 7.99. The van der Waals surface area contributed by atoms with Gasteiger partial charge in [0.15, 0.2) is 0 Å². The van der Waals surface area contributed by atoms with E-state index in [1.165, 1.54) is 0 Å². The van der Waals surface area contributed by atoms with Crippen LogP contribution >= 0.6 is 11.8 Å². The lowest BCUT2D eigenvalue weighted by Crippen LogP contribution is -2.00. The van der Waals surface area contributed by atoms with E-state index in [4.69, 9.17) is 14.3 Å². The van der Waals surface area contributed by atoms with Gasteiger partial charge in [-0.3, -0.25) is 0 Å². The summed E-state index contributed by atoms with van der Waals surface area (Å²) < 4.78 is 10.9. The predicted molar refractivity (Wildman–Crippen MR) is 80.1 cm³/mol. The third-order valence-corrected chi connectivity index (χ3v) is 3.67. The van der Waals surface area contributed by atoms with E-state index in [0.717, 1.165) is 27.7 Å². The van der Waals surface area contributed by atoms with Crippen molar-refractivity contribution in [1.82, 2.24) is 0 Å². The van der Waals surface area contributed by atoms with Gasteiger partial charge in [0.25, 0.3) is 0 Å². The predicted octanol–water partition coefficient (Wildman–Crippen LogP) is 3.10. The number of furan rings is 1. The Hall–Kier alpha value is -1.83. The molecular formula is C16H16O3S. The first-order valence-corrected chi connectivity index (χ1v) is 7.27. The largest absolute Gasteiger partial charge is 0.493 e. The quantitative estimate of drug-likeness (QED) is 0.521. The highest BCUT2D eigenvalue weighted by atomic mass is 32.2. The topological polar surface area (TPSA) is 42.6 Å². The van der Waals surface area contributed by atoms with Gasteiger partial charge in [-0.2, -0.15) is 0 Å². The van der Waals surface area contributed by atoms with Gasteiger partial charge in [-0.05, 0) is 31.2 Å². The van der Waals surface area contributed by atoms with Crippen LogP contribution in [0.15, 0.2) is 45.9 Å². The van der Waals surface area contributed by atoms with E-state index in [2.05, 4.69) is 11.8 Å². The molecule has 1 heterocycles. The molecule has 0 aliphatic heterocycles. The molecule has 20 heavy (non-hydrogen) atoms. The fourth-order valence-electron chi connectivity index (χ4n) is 1.64. The maximum atomic E-state index is 8.67. The molecule has 0 unspecified atom stereocenters. The standard InChI is InChI=1S/C16H16O3S/c1-13-16(7-9-18-13)20-11-10-19-15-6-2-4-14(12-15)5-3-8-17/h2,4,6-7,9,12,17H,8,10-11H2,1H3. The molecule has 1 N–H and O–H groups in total. The molecule has 0 spiro atoms. The molecular weight excluding hydrogens is 272 g/mol. The second-order valence-electron chi connectivity index (χ2n) is 4.03. The summed E-state index contributed by atoms with van der Waals surface area (Å²) in [6.07, 6.45) is 1.70. The number of hydrogen-bond donors (Lipinski definition) is 1. The Morgan fingerprint density at radius 1 is 1.35 bits per heavy atom. The molecule has 0 saturated heterocycles. The van der Waals surface area contributed by atoms with Crippen LogP contribution in [0, 0.1) is 18.8 Å². The molecule has 1 aromatic carbocycles.